The summed E-state index contributed by atoms with van der Waals surface area (Å²) >= 11 is 1.42. The number of benzene rings is 2. The smallest absolute Gasteiger partial charge is 0.272 e. The van der Waals surface area contributed by atoms with E-state index in [1.807, 2.05) is 30.3 Å². The largest absolute Gasteiger partial charge is 0.302 e. The number of nitrogens with one attached hydrogen (secondary N) is 2. The number of hydrogen-bond donors (Lipinski definition) is 2. The van der Waals surface area contributed by atoms with Crippen molar-refractivity contribution < 1.29 is 4.79 Å². The van der Waals surface area contributed by atoms with Crippen LogP contribution in [0.4, 0.5) is 5.13 Å². The summed E-state index contributed by atoms with van der Waals surface area (Å²) in [7, 11) is 0. The van der Waals surface area contributed by atoms with E-state index in [1.54, 1.807) is 18.2 Å². The molecule has 0 unspecified atom stereocenters. The molecule has 0 saturated carbocycles. The molecule has 4 rings (SSSR count). The number of nitrogens with zero attached hydrogens (tertiary/aromatic N) is 2. The Morgan fingerprint density at radius 3 is 2.67 bits per heavy atom. The molecular formula is C17H12N4O2S. The number of aromatic nitrogens is 3. The zero-order valence-corrected chi connectivity index (χ0v) is 13.3. The molecule has 7 heteroatoms. The third-order valence-electron chi connectivity index (χ3n) is 3.64. The molecule has 2 aromatic carbocycles. The van der Waals surface area contributed by atoms with Crippen LogP contribution in [0.3, 0.4) is 0 Å². The summed E-state index contributed by atoms with van der Waals surface area (Å²) in [4.78, 5) is 28.5. The molecule has 0 aliphatic rings. The zero-order valence-electron chi connectivity index (χ0n) is 12.4. The van der Waals surface area contributed by atoms with E-state index >= 15 is 0 Å². The first kappa shape index (κ1) is 14.5. The van der Waals surface area contributed by atoms with Gasteiger partial charge in [-0.15, -0.1) is 0 Å². The van der Waals surface area contributed by atoms with Gasteiger partial charge in [0.1, 0.15) is 0 Å². The molecule has 2 N–H and O–H groups in total. The molecule has 0 radical (unpaired) electrons. The molecule has 0 spiro atoms. The topological polar surface area (TPSA) is 87.7 Å². The van der Waals surface area contributed by atoms with E-state index in [9.17, 15) is 9.59 Å². The average molecular weight is 336 g/mol. The molecule has 0 bridgehead atoms. The van der Waals surface area contributed by atoms with Crippen molar-refractivity contribution >= 4 is 43.4 Å². The van der Waals surface area contributed by atoms with Crippen molar-refractivity contribution in [3.05, 3.63) is 64.6 Å². The van der Waals surface area contributed by atoms with Gasteiger partial charge in [-0.3, -0.25) is 9.59 Å². The van der Waals surface area contributed by atoms with Crippen molar-refractivity contribution in [2.45, 2.75) is 6.42 Å². The molecule has 2 aromatic heterocycles. The lowest BCUT2D eigenvalue weighted by molar-refractivity contribution is -0.115. The van der Waals surface area contributed by atoms with Crippen molar-refractivity contribution in [3.63, 3.8) is 0 Å². The first-order chi connectivity index (χ1) is 11.7. The lowest BCUT2D eigenvalue weighted by Crippen LogP contribution is -2.18. The average Bonchev–Trinajstić information content (AvgIpc) is 3.00. The van der Waals surface area contributed by atoms with Gasteiger partial charge < -0.3 is 5.32 Å². The van der Waals surface area contributed by atoms with E-state index in [-0.39, 0.29) is 17.9 Å². The molecule has 0 atom stereocenters. The second-order valence-electron chi connectivity index (χ2n) is 5.26. The van der Waals surface area contributed by atoms with Crippen LogP contribution in [0.5, 0.6) is 0 Å². The number of aromatic amines is 1. The molecule has 24 heavy (non-hydrogen) atoms. The summed E-state index contributed by atoms with van der Waals surface area (Å²) in [6, 6.07) is 14.8. The number of thiazole rings is 1. The van der Waals surface area contributed by atoms with Crippen LogP contribution in [0.2, 0.25) is 0 Å². The van der Waals surface area contributed by atoms with Crippen molar-refractivity contribution in [2.75, 3.05) is 5.32 Å². The standard InChI is InChI=1S/C17H12N4O2S/c22-15(19-17-18-12-7-3-4-8-14(12)24-17)9-13-10-5-1-2-6-11(10)16(23)21-20-13/h1-8H,9H2,(H,21,23)(H,18,19,22). The fourth-order valence-corrected chi connectivity index (χ4v) is 3.43. The summed E-state index contributed by atoms with van der Waals surface area (Å²) in [5.74, 6) is -0.223. The predicted octanol–water partition coefficient (Wildman–Crippen LogP) is 2.71. The lowest BCUT2D eigenvalue weighted by Gasteiger charge is -2.04. The number of H-pyrrole nitrogens is 1. The minimum atomic E-state index is -0.263. The van der Waals surface area contributed by atoms with Crippen LogP contribution in [0.25, 0.3) is 21.0 Å². The third kappa shape index (κ3) is 2.65. The van der Waals surface area contributed by atoms with Gasteiger partial charge in [-0.05, 0) is 18.2 Å². The Hall–Kier alpha value is -3.06. The number of anilines is 1. The van der Waals surface area contributed by atoms with Crippen LogP contribution in [0, 0.1) is 0 Å². The molecular weight excluding hydrogens is 324 g/mol. The normalized spacial score (nSPS) is 11.0. The van der Waals surface area contributed by atoms with Gasteiger partial charge in [-0.25, -0.2) is 10.1 Å². The molecule has 2 heterocycles. The SMILES string of the molecule is O=C(Cc1n[nH]c(=O)c2ccccc12)Nc1nc2ccccc2s1. The van der Waals surface area contributed by atoms with E-state index in [4.69, 9.17) is 0 Å². The van der Waals surface area contributed by atoms with Crippen molar-refractivity contribution in [1.82, 2.24) is 15.2 Å². The maximum atomic E-state index is 12.3. The van der Waals surface area contributed by atoms with Crippen LogP contribution in [0.15, 0.2) is 53.3 Å². The maximum Gasteiger partial charge on any atom is 0.272 e. The first-order valence-corrected chi connectivity index (χ1v) is 8.14. The first-order valence-electron chi connectivity index (χ1n) is 7.32. The van der Waals surface area contributed by atoms with Gasteiger partial charge in [0.05, 0.1) is 27.7 Å². The van der Waals surface area contributed by atoms with Crippen molar-refractivity contribution in [3.8, 4) is 0 Å². The van der Waals surface area contributed by atoms with Gasteiger partial charge in [-0.2, -0.15) is 5.10 Å². The fourth-order valence-electron chi connectivity index (χ4n) is 2.55. The summed E-state index contributed by atoms with van der Waals surface area (Å²) in [6.45, 7) is 0. The summed E-state index contributed by atoms with van der Waals surface area (Å²) in [5.41, 5.74) is 1.12. The Bertz CT molecular complexity index is 1080. The van der Waals surface area contributed by atoms with E-state index in [1.165, 1.54) is 11.3 Å². The molecule has 0 fully saturated rings. The second-order valence-corrected chi connectivity index (χ2v) is 6.29. The van der Waals surface area contributed by atoms with E-state index in [2.05, 4.69) is 20.5 Å². The van der Waals surface area contributed by atoms with Gasteiger partial charge in [0.2, 0.25) is 5.91 Å². The van der Waals surface area contributed by atoms with Gasteiger partial charge in [0.25, 0.3) is 5.56 Å². The van der Waals surface area contributed by atoms with Crippen LogP contribution in [-0.2, 0) is 11.2 Å². The molecule has 1 amide bonds. The lowest BCUT2D eigenvalue weighted by atomic mass is 10.1. The minimum absolute atomic E-state index is 0.0627. The Kier molecular flexibility index (Phi) is 3.55. The second kappa shape index (κ2) is 5.86. The highest BCUT2D eigenvalue weighted by Crippen LogP contribution is 2.25. The number of rotatable bonds is 3. The highest BCUT2D eigenvalue weighted by Gasteiger charge is 2.12. The number of carbonyl (C=O) groups excluding carboxylic acids is 1. The molecule has 0 aliphatic carbocycles. The van der Waals surface area contributed by atoms with Gasteiger partial charge in [0.15, 0.2) is 5.13 Å². The van der Waals surface area contributed by atoms with Crippen LogP contribution in [0.1, 0.15) is 5.69 Å². The highest BCUT2D eigenvalue weighted by molar-refractivity contribution is 7.22. The number of para-hydroxylation sites is 1. The molecule has 0 aliphatic heterocycles. The van der Waals surface area contributed by atoms with Gasteiger partial charge in [-0.1, -0.05) is 41.7 Å². The van der Waals surface area contributed by atoms with Gasteiger partial charge in [0, 0.05) is 5.39 Å². The van der Waals surface area contributed by atoms with Crippen LogP contribution >= 0.6 is 11.3 Å². The molecule has 4 aromatic rings. The van der Waals surface area contributed by atoms with E-state index in [0.717, 1.165) is 10.2 Å². The van der Waals surface area contributed by atoms with Crippen LogP contribution < -0.4 is 10.9 Å². The Labute approximate surface area is 140 Å². The van der Waals surface area contributed by atoms with E-state index < -0.39 is 0 Å². The Balaban J connectivity index is 1.60. The van der Waals surface area contributed by atoms with E-state index in [0.29, 0.717) is 21.6 Å². The summed E-state index contributed by atoms with van der Waals surface area (Å²) in [6.07, 6.45) is 0.0627. The number of amides is 1. The molecule has 0 saturated heterocycles. The summed E-state index contributed by atoms with van der Waals surface area (Å²) in [5, 5.41) is 11.0. The van der Waals surface area contributed by atoms with Crippen molar-refractivity contribution in [1.29, 1.82) is 0 Å². The fraction of sp³-hybridized carbons (Fsp3) is 0.0588. The Morgan fingerprint density at radius 2 is 1.83 bits per heavy atom. The van der Waals surface area contributed by atoms with Gasteiger partial charge >= 0.3 is 0 Å². The maximum absolute atomic E-state index is 12.3. The predicted molar refractivity (Wildman–Crippen MR) is 94.3 cm³/mol. The summed E-state index contributed by atoms with van der Waals surface area (Å²) < 4.78 is 1.01. The number of carbonyl (C=O) groups is 1. The quantitative estimate of drug-likeness (QED) is 0.602. The highest BCUT2D eigenvalue weighted by atomic mass is 32.1. The minimum Gasteiger partial charge on any atom is -0.302 e. The third-order valence-corrected chi connectivity index (χ3v) is 4.60. The number of hydrogen-bond acceptors (Lipinski definition) is 5. The van der Waals surface area contributed by atoms with Crippen molar-refractivity contribution in [2.24, 2.45) is 0 Å². The Morgan fingerprint density at radius 1 is 1.08 bits per heavy atom. The zero-order chi connectivity index (χ0) is 16.5. The molecule has 118 valence electrons. The monoisotopic (exact) mass is 336 g/mol. The molecule has 6 nitrogen and oxygen atoms in total. The number of fused-ring (bicyclic) bond motifs is 2. The van der Waals surface area contributed by atoms with Crippen LogP contribution in [-0.4, -0.2) is 21.1 Å².